The molecule has 0 N–H and O–H groups in total. The zero-order chi connectivity index (χ0) is 20.1. The highest BCUT2D eigenvalue weighted by Gasteiger charge is 2.22. The van der Waals surface area contributed by atoms with Crippen LogP contribution in [0.25, 0.3) is 27.8 Å². The molecule has 1 fully saturated rings. The molecule has 4 heterocycles. The van der Waals surface area contributed by atoms with Gasteiger partial charge in [-0.3, -0.25) is 0 Å². The predicted octanol–water partition coefficient (Wildman–Crippen LogP) is 5.16. The Bertz CT molecular complexity index is 1280. The quantitative estimate of drug-likeness (QED) is 0.352. The van der Waals surface area contributed by atoms with Crippen molar-refractivity contribution < 1.29 is 0 Å². The van der Waals surface area contributed by atoms with Crippen molar-refractivity contribution >= 4 is 45.3 Å². The Kier molecular flexibility index (Phi) is 4.36. The lowest BCUT2D eigenvalue weighted by atomic mass is 10.1. The average molecular weight is 508 g/mol. The first kappa shape index (κ1) is 18.1. The average Bonchev–Trinajstić information content (AvgIpc) is 3.51. The molecule has 150 valence electrons. The number of fused-ring (bicyclic) bond motifs is 2. The first-order valence-corrected chi connectivity index (χ1v) is 11.4. The maximum Gasteiger partial charge on any atom is 0.109 e. The second-order valence-corrected chi connectivity index (χ2v) is 8.88. The number of likely N-dealkylation sites (tertiary alicyclic amines) is 1. The molecule has 0 radical (unpaired) electrons. The van der Waals surface area contributed by atoms with Crippen LogP contribution in [0.2, 0.25) is 0 Å². The first-order valence-electron chi connectivity index (χ1n) is 10.4. The van der Waals surface area contributed by atoms with Crippen LogP contribution in [0.5, 0.6) is 0 Å². The summed E-state index contributed by atoms with van der Waals surface area (Å²) in [6.07, 6.45) is 8.78. The molecule has 0 unspecified atom stereocenters. The molecule has 6 nitrogen and oxygen atoms in total. The lowest BCUT2D eigenvalue weighted by Crippen LogP contribution is -2.35. The molecule has 2 aliphatic heterocycles. The maximum absolute atomic E-state index is 4.96. The van der Waals surface area contributed by atoms with Crippen LogP contribution >= 0.6 is 22.9 Å². The molecule has 0 atom stereocenters. The van der Waals surface area contributed by atoms with Crippen LogP contribution in [0.1, 0.15) is 24.8 Å². The number of amidine groups is 1. The minimum Gasteiger partial charge on any atom is -0.360 e. The molecule has 30 heavy (non-hydrogen) atoms. The van der Waals surface area contributed by atoms with Crippen LogP contribution in [0.4, 0.5) is 5.69 Å². The first-order chi connectivity index (χ1) is 14.8. The van der Waals surface area contributed by atoms with Crippen molar-refractivity contribution in [2.24, 2.45) is 4.99 Å². The van der Waals surface area contributed by atoms with Crippen LogP contribution in [0.3, 0.4) is 0 Å². The molecule has 2 aliphatic rings. The Balaban J connectivity index is 1.33. The number of piperidine rings is 1. The lowest BCUT2D eigenvalue weighted by molar-refractivity contribution is 0.339. The van der Waals surface area contributed by atoms with Crippen molar-refractivity contribution in [2.45, 2.75) is 25.7 Å². The summed E-state index contributed by atoms with van der Waals surface area (Å²) in [6, 6.07) is 14.8. The van der Waals surface area contributed by atoms with Crippen LogP contribution in [0, 0.1) is 0 Å². The van der Waals surface area contributed by atoms with Crippen molar-refractivity contribution in [3.63, 3.8) is 0 Å². The van der Waals surface area contributed by atoms with Crippen molar-refractivity contribution in [1.82, 2.24) is 22.7 Å². The number of halogens is 1. The largest absolute Gasteiger partial charge is 0.360 e. The molecule has 0 bridgehead atoms. The standard InChI is InChI=1S/C23H21IN6/c24-30-21-7-3-2-6-19(21)23(27-30)17-14-25-29(15-17)18-9-8-16-12-22(26-20(16)13-18)28-10-4-1-5-11-28/h2-3,6-9,13-15H,1,4-5,10-12H2. The van der Waals surface area contributed by atoms with Gasteiger partial charge in [-0.25, -0.2) is 12.6 Å². The van der Waals surface area contributed by atoms with E-state index in [2.05, 4.69) is 69.4 Å². The SMILES string of the molecule is In1nc(-c2cnn(-c3ccc4c(c3)N=C(N3CCCCC3)C4)c2)c2ccccc21. The van der Waals surface area contributed by atoms with E-state index in [4.69, 9.17) is 10.1 Å². The van der Waals surface area contributed by atoms with Crippen LogP contribution < -0.4 is 0 Å². The van der Waals surface area contributed by atoms with Gasteiger partial charge in [-0.05, 0) is 43.0 Å². The summed E-state index contributed by atoms with van der Waals surface area (Å²) in [5.74, 6) is 1.22. The van der Waals surface area contributed by atoms with Gasteiger partial charge in [-0.1, -0.05) is 24.3 Å². The van der Waals surface area contributed by atoms with Crippen LogP contribution in [-0.4, -0.2) is 41.6 Å². The van der Waals surface area contributed by atoms with Gasteiger partial charge in [0.15, 0.2) is 0 Å². The molecule has 2 aromatic carbocycles. The van der Waals surface area contributed by atoms with Gasteiger partial charge < -0.3 is 4.90 Å². The highest BCUT2D eigenvalue weighted by molar-refractivity contribution is 14.1. The normalized spacial score (nSPS) is 16.2. The van der Waals surface area contributed by atoms with Gasteiger partial charge in [0.05, 0.1) is 46.0 Å². The fraction of sp³-hybridized carbons (Fsp3) is 0.261. The van der Waals surface area contributed by atoms with Crippen molar-refractivity contribution in [3.05, 3.63) is 60.4 Å². The number of aliphatic imine (C=N–C) groups is 1. The van der Waals surface area contributed by atoms with E-state index in [1.54, 1.807) is 0 Å². The van der Waals surface area contributed by atoms with Gasteiger partial charge in [0.1, 0.15) is 11.5 Å². The molecule has 6 rings (SSSR count). The van der Waals surface area contributed by atoms with Crippen LogP contribution in [-0.2, 0) is 6.42 Å². The predicted molar refractivity (Wildman–Crippen MR) is 128 cm³/mol. The number of benzene rings is 2. The van der Waals surface area contributed by atoms with E-state index in [-0.39, 0.29) is 0 Å². The fourth-order valence-electron chi connectivity index (χ4n) is 4.46. The summed E-state index contributed by atoms with van der Waals surface area (Å²) >= 11 is 2.22. The maximum atomic E-state index is 4.96. The van der Waals surface area contributed by atoms with Crippen molar-refractivity contribution in [1.29, 1.82) is 0 Å². The fourth-order valence-corrected chi connectivity index (χ4v) is 5.10. The zero-order valence-corrected chi connectivity index (χ0v) is 18.7. The van der Waals surface area contributed by atoms with Gasteiger partial charge in [-0.2, -0.15) is 10.2 Å². The Morgan fingerprint density at radius 1 is 0.967 bits per heavy atom. The molecule has 0 spiro atoms. The number of para-hydroxylation sites is 1. The summed E-state index contributed by atoms with van der Waals surface area (Å²) < 4.78 is 3.82. The van der Waals surface area contributed by atoms with Gasteiger partial charge in [0.25, 0.3) is 0 Å². The topological polar surface area (TPSA) is 51.2 Å². The van der Waals surface area contributed by atoms with Crippen molar-refractivity contribution in [2.75, 3.05) is 13.1 Å². The number of aromatic nitrogens is 4. The minimum absolute atomic E-state index is 0.944. The Morgan fingerprint density at radius 2 is 1.83 bits per heavy atom. The smallest absolute Gasteiger partial charge is 0.109 e. The van der Waals surface area contributed by atoms with E-state index in [0.29, 0.717) is 0 Å². The summed E-state index contributed by atoms with van der Waals surface area (Å²) in [6.45, 7) is 2.28. The summed E-state index contributed by atoms with van der Waals surface area (Å²) in [7, 11) is 0. The molecule has 1 saturated heterocycles. The molecule has 0 amide bonds. The molecule has 4 aromatic rings. The molecule has 2 aromatic heterocycles. The lowest BCUT2D eigenvalue weighted by Gasteiger charge is -2.28. The second kappa shape index (κ2) is 7.23. The molecule has 7 heteroatoms. The third kappa shape index (κ3) is 3.03. The van der Waals surface area contributed by atoms with Crippen molar-refractivity contribution in [3.8, 4) is 16.9 Å². The summed E-state index contributed by atoms with van der Waals surface area (Å²) in [5.41, 5.74) is 6.49. The minimum atomic E-state index is 0.944. The van der Waals surface area contributed by atoms with Gasteiger partial charge in [0.2, 0.25) is 0 Å². The Morgan fingerprint density at radius 3 is 2.73 bits per heavy atom. The van der Waals surface area contributed by atoms with Gasteiger partial charge in [0, 0.05) is 36.7 Å². The molecule has 0 aliphatic carbocycles. The molecule has 0 saturated carbocycles. The third-order valence-corrected chi connectivity index (χ3v) is 6.79. The van der Waals surface area contributed by atoms with Crippen LogP contribution in [0.15, 0.2) is 59.9 Å². The highest BCUT2D eigenvalue weighted by atomic mass is 127. The number of nitrogens with zero attached hydrogens (tertiary/aromatic N) is 6. The van der Waals surface area contributed by atoms with E-state index < -0.39 is 0 Å². The van der Waals surface area contributed by atoms with E-state index in [1.807, 2.05) is 25.9 Å². The monoisotopic (exact) mass is 508 g/mol. The Hall–Kier alpha value is -2.68. The number of hydrogen-bond acceptors (Lipinski definition) is 4. The number of hydrogen-bond donors (Lipinski definition) is 0. The Labute approximate surface area is 188 Å². The zero-order valence-electron chi connectivity index (χ0n) is 16.5. The van der Waals surface area contributed by atoms with E-state index >= 15 is 0 Å². The van der Waals surface area contributed by atoms with Gasteiger partial charge >= 0.3 is 0 Å². The third-order valence-electron chi connectivity index (χ3n) is 6.05. The van der Waals surface area contributed by atoms with E-state index in [9.17, 15) is 0 Å². The second-order valence-electron chi connectivity index (χ2n) is 7.96. The van der Waals surface area contributed by atoms with E-state index in [0.717, 1.165) is 53.0 Å². The highest BCUT2D eigenvalue weighted by Crippen LogP contribution is 2.32. The van der Waals surface area contributed by atoms with Gasteiger partial charge in [-0.15, -0.1) is 0 Å². The molecular formula is C23H21IN6. The number of rotatable bonds is 2. The van der Waals surface area contributed by atoms with E-state index in [1.165, 1.54) is 30.7 Å². The summed E-state index contributed by atoms with van der Waals surface area (Å²) in [4.78, 5) is 7.41. The summed E-state index contributed by atoms with van der Waals surface area (Å²) in [5, 5.41) is 10.5. The molecular weight excluding hydrogens is 487 g/mol.